The lowest BCUT2D eigenvalue weighted by atomic mass is 10.2. The molecule has 31 heavy (non-hydrogen) atoms. The van der Waals surface area contributed by atoms with Crippen molar-refractivity contribution in [1.29, 1.82) is 0 Å². The second-order valence-electron chi connectivity index (χ2n) is 6.79. The number of hydrogen-bond donors (Lipinski definition) is 1. The van der Waals surface area contributed by atoms with Crippen LogP contribution in [0.5, 0.6) is 0 Å². The van der Waals surface area contributed by atoms with Crippen LogP contribution in [0.2, 0.25) is 5.02 Å². The van der Waals surface area contributed by atoms with Gasteiger partial charge in [0.25, 0.3) is 0 Å². The van der Waals surface area contributed by atoms with Gasteiger partial charge in [0.05, 0.1) is 17.4 Å². The van der Waals surface area contributed by atoms with E-state index in [0.717, 1.165) is 36.7 Å². The van der Waals surface area contributed by atoms with Crippen LogP contribution in [-0.4, -0.2) is 17.0 Å². The van der Waals surface area contributed by atoms with Gasteiger partial charge in [-0.25, -0.2) is 9.98 Å². The summed E-state index contributed by atoms with van der Waals surface area (Å²) in [6.45, 7) is 2.01. The summed E-state index contributed by atoms with van der Waals surface area (Å²) in [7, 11) is 0. The van der Waals surface area contributed by atoms with Gasteiger partial charge < -0.3 is 0 Å². The van der Waals surface area contributed by atoms with Crippen molar-refractivity contribution >= 4 is 72.1 Å². The fraction of sp³-hybridized carbons (Fsp3) is 0.0417. The minimum atomic E-state index is 0.528. The molecule has 4 nitrogen and oxygen atoms in total. The molecule has 0 bridgehead atoms. The molecule has 4 aromatic rings. The van der Waals surface area contributed by atoms with E-state index in [4.69, 9.17) is 21.6 Å². The monoisotopic (exact) mass is 554 g/mol. The van der Waals surface area contributed by atoms with Crippen LogP contribution in [-0.2, 0) is 0 Å². The van der Waals surface area contributed by atoms with Gasteiger partial charge in [-0.3, -0.25) is 5.43 Å². The van der Waals surface area contributed by atoms with Crippen molar-refractivity contribution in [2.45, 2.75) is 6.92 Å². The molecule has 0 atom stereocenters. The molecule has 0 radical (unpaired) electrons. The molecule has 1 heterocycles. The molecular formula is C24H17Br2ClN4. The molecule has 0 saturated heterocycles. The Hall–Kier alpha value is -2.54. The normalized spacial score (nSPS) is 11.9. The number of halogens is 3. The van der Waals surface area contributed by atoms with Gasteiger partial charge in [-0.1, -0.05) is 70.0 Å². The number of benzene rings is 3. The standard InChI is InChI=1S/C24H17Br2ClN4/c1-15-12-18(25)13-19(26)23(15)30-24(31-28-14-17-7-2-4-8-20(17)27)22-11-10-16-6-3-5-9-21(16)29-22/h2-14H,1H3,(H,30,31)/b28-14+. The van der Waals surface area contributed by atoms with E-state index in [9.17, 15) is 0 Å². The van der Waals surface area contributed by atoms with E-state index in [1.807, 2.05) is 79.7 Å². The fourth-order valence-electron chi connectivity index (χ4n) is 3.03. The lowest BCUT2D eigenvalue weighted by molar-refractivity contribution is 1.02. The zero-order valence-electron chi connectivity index (χ0n) is 16.5. The average molecular weight is 557 g/mol. The topological polar surface area (TPSA) is 49.6 Å². The maximum atomic E-state index is 6.24. The van der Waals surface area contributed by atoms with Crippen LogP contribution in [0.25, 0.3) is 10.9 Å². The number of para-hydroxylation sites is 1. The molecule has 0 spiro atoms. The third kappa shape index (κ3) is 5.21. The van der Waals surface area contributed by atoms with E-state index in [0.29, 0.717) is 16.6 Å². The number of rotatable bonds is 4. The molecule has 4 rings (SSSR count). The SMILES string of the molecule is Cc1cc(Br)cc(Br)c1N=C(N/N=C/c1ccccc1Cl)c1ccc2ccccc2n1. The molecule has 1 N–H and O–H groups in total. The Morgan fingerprint density at radius 1 is 1.00 bits per heavy atom. The molecule has 0 unspecified atom stereocenters. The lowest BCUT2D eigenvalue weighted by Crippen LogP contribution is -2.20. The molecule has 0 fully saturated rings. The minimum absolute atomic E-state index is 0.528. The molecule has 7 heteroatoms. The number of aromatic nitrogens is 1. The van der Waals surface area contributed by atoms with Gasteiger partial charge >= 0.3 is 0 Å². The number of nitrogens with one attached hydrogen (secondary N) is 1. The summed E-state index contributed by atoms with van der Waals surface area (Å²) in [5, 5.41) is 6.07. The van der Waals surface area contributed by atoms with Crippen LogP contribution in [0.3, 0.4) is 0 Å². The predicted molar refractivity (Wildman–Crippen MR) is 137 cm³/mol. The fourth-order valence-corrected chi connectivity index (χ4v) is 4.74. The Kier molecular flexibility index (Phi) is 6.80. The van der Waals surface area contributed by atoms with Gasteiger partial charge in [0.2, 0.25) is 0 Å². The Morgan fingerprint density at radius 3 is 2.58 bits per heavy atom. The van der Waals surface area contributed by atoms with Crippen molar-refractivity contribution < 1.29 is 0 Å². The van der Waals surface area contributed by atoms with Crippen LogP contribution in [0.15, 0.2) is 91.8 Å². The third-order valence-electron chi connectivity index (χ3n) is 4.56. The first-order chi connectivity index (χ1) is 15.0. The largest absolute Gasteiger partial charge is 0.260 e. The number of fused-ring (bicyclic) bond motifs is 1. The first-order valence-corrected chi connectivity index (χ1v) is 11.4. The third-order valence-corrected chi connectivity index (χ3v) is 5.97. The molecule has 0 aliphatic rings. The highest BCUT2D eigenvalue weighted by Gasteiger charge is 2.11. The van der Waals surface area contributed by atoms with Crippen molar-refractivity contribution in [2.75, 3.05) is 0 Å². The zero-order valence-corrected chi connectivity index (χ0v) is 20.4. The highest BCUT2D eigenvalue weighted by atomic mass is 79.9. The number of hydrazone groups is 1. The van der Waals surface area contributed by atoms with Crippen molar-refractivity contribution in [1.82, 2.24) is 10.4 Å². The highest BCUT2D eigenvalue weighted by molar-refractivity contribution is 9.11. The summed E-state index contributed by atoms with van der Waals surface area (Å²) in [5.41, 5.74) is 7.25. The van der Waals surface area contributed by atoms with Gasteiger partial charge in [0.15, 0.2) is 5.84 Å². The first-order valence-electron chi connectivity index (χ1n) is 9.45. The quantitative estimate of drug-likeness (QED) is 0.162. The molecule has 3 aromatic carbocycles. The van der Waals surface area contributed by atoms with E-state index in [2.05, 4.69) is 42.4 Å². The van der Waals surface area contributed by atoms with Crippen molar-refractivity contribution in [3.8, 4) is 0 Å². The van der Waals surface area contributed by atoms with E-state index >= 15 is 0 Å². The molecule has 0 saturated carbocycles. The minimum Gasteiger partial charge on any atom is -0.260 e. The molecule has 0 amide bonds. The van der Waals surface area contributed by atoms with Crippen molar-refractivity contribution in [2.24, 2.45) is 10.1 Å². The summed E-state index contributed by atoms with van der Waals surface area (Å²) >= 11 is 13.4. The molecule has 0 aliphatic heterocycles. The molecule has 0 aliphatic carbocycles. The summed E-state index contributed by atoms with van der Waals surface area (Å²) in [4.78, 5) is 9.63. The molecular weight excluding hydrogens is 540 g/mol. The van der Waals surface area contributed by atoms with E-state index in [1.165, 1.54) is 0 Å². The number of aliphatic imine (C=N–C) groups is 1. The van der Waals surface area contributed by atoms with E-state index < -0.39 is 0 Å². The van der Waals surface area contributed by atoms with Gasteiger partial charge in [-0.05, 0) is 58.7 Å². The Morgan fingerprint density at radius 2 is 1.77 bits per heavy atom. The average Bonchev–Trinajstić information content (AvgIpc) is 2.76. The van der Waals surface area contributed by atoms with Crippen LogP contribution < -0.4 is 5.43 Å². The lowest BCUT2D eigenvalue weighted by Gasteiger charge is -2.10. The number of amidine groups is 1. The summed E-state index contributed by atoms with van der Waals surface area (Å²) in [6.07, 6.45) is 1.67. The summed E-state index contributed by atoms with van der Waals surface area (Å²) < 4.78 is 1.85. The van der Waals surface area contributed by atoms with Crippen LogP contribution in [0, 0.1) is 6.92 Å². The maximum absolute atomic E-state index is 6.24. The van der Waals surface area contributed by atoms with Gasteiger partial charge in [0, 0.05) is 24.9 Å². The van der Waals surface area contributed by atoms with Crippen LogP contribution in [0.4, 0.5) is 5.69 Å². The maximum Gasteiger partial charge on any atom is 0.173 e. The van der Waals surface area contributed by atoms with Gasteiger partial charge in [-0.15, -0.1) is 0 Å². The smallest absolute Gasteiger partial charge is 0.173 e. The second kappa shape index (κ2) is 9.73. The zero-order chi connectivity index (χ0) is 21.8. The Balaban J connectivity index is 1.77. The van der Waals surface area contributed by atoms with Crippen LogP contribution >= 0.6 is 43.5 Å². The van der Waals surface area contributed by atoms with E-state index in [-0.39, 0.29) is 0 Å². The Bertz CT molecular complexity index is 1290. The summed E-state index contributed by atoms with van der Waals surface area (Å²) in [6, 6.07) is 23.4. The van der Waals surface area contributed by atoms with Gasteiger partial charge in [-0.2, -0.15) is 5.10 Å². The first kappa shape index (κ1) is 21.7. The molecule has 154 valence electrons. The number of pyridine rings is 1. The highest BCUT2D eigenvalue weighted by Crippen LogP contribution is 2.33. The molecule has 1 aromatic heterocycles. The summed E-state index contributed by atoms with van der Waals surface area (Å²) in [5.74, 6) is 0.528. The number of nitrogens with zero attached hydrogens (tertiary/aromatic N) is 3. The second-order valence-corrected chi connectivity index (χ2v) is 8.97. The van der Waals surface area contributed by atoms with E-state index in [1.54, 1.807) is 6.21 Å². The van der Waals surface area contributed by atoms with Crippen molar-refractivity contribution in [3.05, 3.63) is 104 Å². The van der Waals surface area contributed by atoms with Crippen LogP contribution in [0.1, 0.15) is 16.8 Å². The van der Waals surface area contributed by atoms with Crippen molar-refractivity contribution in [3.63, 3.8) is 0 Å². The van der Waals surface area contributed by atoms with Gasteiger partial charge in [0.1, 0.15) is 5.69 Å². The number of aryl methyl sites for hydroxylation is 1. The predicted octanol–water partition coefficient (Wildman–Crippen LogP) is 7.42. The Labute approximate surface area is 202 Å². The number of hydrogen-bond acceptors (Lipinski definition) is 3.